The van der Waals surface area contributed by atoms with Crippen LogP contribution in [0.4, 0.5) is 0 Å². The normalized spacial score (nSPS) is 10.4. The molecule has 0 saturated heterocycles. The van der Waals surface area contributed by atoms with Gasteiger partial charge in [0.2, 0.25) is 0 Å². The molecule has 0 radical (unpaired) electrons. The Bertz CT molecular complexity index is 723. The first kappa shape index (κ1) is 18.2. The van der Waals surface area contributed by atoms with E-state index in [4.69, 9.17) is 4.74 Å². The van der Waals surface area contributed by atoms with Crippen LogP contribution >= 0.6 is 15.9 Å². The van der Waals surface area contributed by atoms with Crippen LogP contribution in [0.3, 0.4) is 0 Å². The molecule has 0 aliphatic rings. The molecule has 0 saturated carbocycles. The highest BCUT2D eigenvalue weighted by Crippen LogP contribution is 2.22. The number of aromatic hydroxyl groups is 1. The van der Waals surface area contributed by atoms with E-state index in [2.05, 4.69) is 22.9 Å². The summed E-state index contributed by atoms with van der Waals surface area (Å²) in [5.41, 5.74) is 1.71. The second-order valence-corrected chi connectivity index (χ2v) is 6.38. The van der Waals surface area contributed by atoms with E-state index in [-0.39, 0.29) is 23.7 Å². The van der Waals surface area contributed by atoms with Gasteiger partial charge < -0.3 is 9.84 Å². The standard InChI is InChI=1S/C19H19BrO4/c1-2-3-4-13-5-7-14(8-6-13)18(22)12-24-19(23)16-11-15(20)9-10-17(16)21/h5-11,21H,2-4,12H2,1H3. The molecule has 2 rings (SSSR count). The summed E-state index contributed by atoms with van der Waals surface area (Å²) in [6.07, 6.45) is 3.22. The molecular weight excluding hydrogens is 372 g/mol. The zero-order valence-electron chi connectivity index (χ0n) is 13.4. The van der Waals surface area contributed by atoms with Crippen molar-refractivity contribution in [1.29, 1.82) is 0 Å². The average molecular weight is 391 g/mol. The van der Waals surface area contributed by atoms with Gasteiger partial charge in [0.05, 0.1) is 0 Å². The number of hydrogen-bond donors (Lipinski definition) is 1. The van der Waals surface area contributed by atoms with E-state index in [1.807, 2.05) is 12.1 Å². The average Bonchev–Trinajstić information content (AvgIpc) is 2.60. The number of ketones is 1. The molecule has 1 N–H and O–H groups in total. The number of phenolic OH excluding ortho intramolecular Hbond substituents is 1. The number of carbonyl (C=O) groups is 2. The Labute approximate surface area is 149 Å². The molecule has 0 bridgehead atoms. The third-order valence-electron chi connectivity index (χ3n) is 3.61. The third kappa shape index (κ3) is 4.93. The van der Waals surface area contributed by atoms with E-state index in [0.717, 1.165) is 19.3 Å². The summed E-state index contributed by atoms with van der Waals surface area (Å²) in [4.78, 5) is 24.1. The predicted molar refractivity (Wildman–Crippen MR) is 95.5 cm³/mol. The van der Waals surface area contributed by atoms with E-state index in [9.17, 15) is 14.7 Å². The molecule has 0 heterocycles. The van der Waals surface area contributed by atoms with E-state index in [0.29, 0.717) is 10.0 Å². The lowest BCUT2D eigenvalue weighted by molar-refractivity contribution is 0.0471. The van der Waals surface area contributed by atoms with Crippen molar-refractivity contribution in [3.8, 4) is 5.75 Å². The third-order valence-corrected chi connectivity index (χ3v) is 4.10. The van der Waals surface area contributed by atoms with Crippen molar-refractivity contribution in [3.05, 3.63) is 63.6 Å². The number of phenols is 1. The second kappa shape index (κ2) is 8.64. The monoisotopic (exact) mass is 390 g/mol. The maximum absolute atomic E-state index is 12.1. The largest absolute Gasteiger partial charge is 0.507 e. The van der Waals surface area contributed by atoms with E-state index in [1.54, 1.807) is 18.2 Å². The molecule has 24 heavy (non-hydrogen) atoms. The van der Waals surface area contributed by atoms with Crippen LogP contribution in [0.15, 0.2) is 46.9 Å². The number of rotatable bonds is 7. The van der Waals surface area contributed by atoms with Gasteiger partial charge in [0, 0.05) is 10.0 Å². The molecule has 2 aromatic rings. The van der Waals surface area contributed by atoms with Gasteiger partial charge in [-0.15, -0.1) is 0 Å². The highest BCUT2D eigenvalue weighted by molar-refractivity contribution is 9.10. The first-order chi connectivity index (χ1) is 11.5. The van der Waals surface area contributed by atoms with Gasteiger partial charge in [-0.05, 0) is 36.6 Å². The van der Waals surface area contributed by atoms with Crippen molar-refractivity contribution >= 4 is 27.7 Å². The van der Waals surface area contributed by atoms with Gasteiger partial charge in [-0.25, -0.2) is 4.79 Å². The Kier molecular flexibility index (Phi) is 6.55. The van der Waals surface area contributed by atoms with Crippen molar-refractivity contribution in [2.45, 2.75) is 26.2 Å². The van der Waals surface area contributed by atoms with Gasteiger partial charge in [0.25, 0.3) is 0 Å². The fourth-order valence-corrected chi connectivity index (χ4v) is 2.56. The first-order valence-electron chi connectivity index (χ1n) is 7.79. The number of hydrogen-bond acceptors (Lipinski definition) is 4. The molecule has 2 aromatic carbocycles. The van der Waals surface area contributed by atoms with E-state index in [1.165, 1.54) is 17.7 Å². The second-order valence-electron chi connectivity index (χ2n) is 5.46. The van der Waals surface area contributed by atoms with Crippen LogP contribution in [-0.2, 0) is 11.2 Å². The summed E-state index contributed by atoms with van der Waals surface area (Å²) in [6.45, 7) is 1.77. The van der Waals surface area contributed by atoms with Crippen molar-refractivity contribution in [2.24, 2.45) is 0 Å². The molecule has 5 heteroatoms. The lowest BCUT2D eigenvalue weighted by atomic mass is 10.0. The zero-order chi connectivity index (χ0) is 17.5. The summed E-state index contributed by atoms with van der Waals surface area (Å²) in [5, 5.41) is 9.68. The smallest absolute Gasteiger partial charge is 0.342 e. The quantitative estimate of drug-likeness (QED) is 0.556. The summed E-state index contributed by atoms with van der Waals surface area (Å²) in [7, 11) is 0. The predicted octanol–water partition coefficient (Wildman–Crippen LogP) is 4.54. The van der Waals surface area contributed by atoms with Gasteiger partial charge in [0.1, 0.15) is 11.3 Å². The molecule has 0 aromatic heterocycles. The van der Waals surface area contributed by atoms with Crippen LogP contribution in [0.2, 0.25) is 0 Å². The SMILES string of the molecule is CCCCc1ccc(C(=O)COC(=O)c2cc(Br)ccc2O)cc1. The number of benzene rings is 2. The minimum Gasteiger partial charge on any atom is -0.507 e. The fraction of sp³-hybridized carbons (Fsp3) is 0.263. The first-order valence-corrected chi connectivity index (χ1v) is 8.58. The summed E-state index contributed by atoms with van der Waals surface area (Å²) < 4.78 is 5.65. The maximum atomic E-state index is 12.1. The van der Waals surface area contributed by atoms with Gasteiger partial charge in [-0.3, -0.25) is 4.79 Å². The number of aryl methyl sites for hydroxylation is 1. The number of esters is 1. The molecule has 0 unspecified atom stereocenters. The van der Waals surface area contributed by atoms with Gasteiger partial charge in [-0.2, -0.15) is 0 Å². The lowest BCUT2D eigenvalue weighted by Gasteiger charge is -2.07. The Morgan fingerprint density at radius 2 is 1.83 bits per heavy atom. The Balaban J connectivity index is 1.95. The Morgan fingerprint density at radius 3 is 2.50 bits per heavy atom. The molecule has 4 nitrogen and oxygen atoms in total. The van der Waals surface area contributed by atoms with Crippen LogP contribution < -0.4 is 0 Å². The van der Waals surface area contributed by atoms with E-state index >= 15 is 0 Å². The fourth-order valence-electron chi connectivity index (χ4n) is 2.20. The lowest BCUT2D eigenvalue weighted by Crippen LogP contribution is -2.14. The summed E-state index contributed by atoms with van der Waals surface area (Å²) in [6, 6.07) is 11.8. The van der Waals surface area contributed by atoms with Gasteiger partial charge in [-0.1, -0.05) is 53.5 Å². The van der Waals surface area contributed by atoms with Crippen LogP contribution in [0.1, 0.15) is 46.0 Å². The molecule has 0 fully saturated rings. The molecular formula is C19H19BrO4. The minimum atomic E-state index is -0.735. The minimum absolute atomic E-state index is 0.0205. The van der Waals surface area contributed by atoms with E-state index < -0.39 is 5.97 Å². The molecule has 0 aliphatic heterocycles. The van der Waals surface area contributed by atoms with Crippen LogP contribution in [0.5, 0.6) is 5.75 Å². The number of ether oxygens (including phenoxy) is 1. The maximum Gasteiger partial charge on any atom is 0.342 e. The summed E-state index contributed by atoms with van der Waals surface area (Å²) >= 11 is 3.22. The van der Waals surface area contributed by atoms with Crippen molar-refractivity contribution in [2.75, 3.05) is 6.61 Å². The summed E-state index contributed by atoms with van der Waals surface area (Å²) in [5.74, 6) is -1.20. The Morgan fingerprint density at radius 1 is 1.12 bits per heavy atom. The molecule has 0 amide bonds. The molecule has 0 spiro atoms. The van der Waals surface area contributed by atoms with Gasteiger partial charge >= 0.3 is 5.97 Å². The number of Topliss-reactive ketones (excluding diaryl/α,β-unsaturated/α-hetero) is 1. The Hall–Kier alpha value is -2.14. The topological polar surface area (TPSA) is 63.6 Å². The van der Waals surface area contributed by atoms with Crippen LogP contribution in [0, 0.1) is 0 Å². The molecule has 0 atom stereocenters. The number of unbranched alkanes of at least 4 members (excludes halogenated alkanes) is 1. The molecule has 0 aliphatic carbocycles. The van der Waals surface area contributed by atoms with Crippen molar-refractivity contribution in [3.63, 3.8) is 0 Å². The van der Waals surface area contributed by atoms with Gasteiger partial charge in [0.15, 0.2) is 12.4 Å². The van der Waals surface area contributed by atoms with Crippen molar-refractivity contribution < 1.29 is 19.4 Å². The zero-order valence-corrected chi connectivity index (χ0v) is 15.0. The van der Waals surface area contributed by atoms with Crippen LogP contribution in [-0.4, -0.2) is 23.5 Å². The number of carbonyl (C=O) groups excluding carboxylic acids is 2. The number of halogens is 1. The van der Waals surface area contributed by atoms with Crippen molar-refractivity contribution in [1.82, 2.24) is 0 Å². The van der Waals surface area contributed by atoms with Crippen LogP contribution in [0.25, 0.3) is 0 Å². The highest BCUT2D eigenvalue weighted by atomic mass is 79.9. The highest BCUT2D eigenvalue weighted by Gasteiger charge is 2.15. The molecule has 126 valence electrons.